The van der Waals surface area contributed by atoms with Gasteiger partial charge < -0.3 is 14.4 Å². The van der Waals surface area contributed by atoms with E-state index in [9.17, 15) is 14.7 Å². The standard InChI is InChI=1S/C23H30N2O4/c1-16-20(26)7-6-19-18(14-21(27)29-22(16)19)15-24-12-8-17(9-13-24)23(28)25-10-4-2-3-5-11-25/h6-7,14,17,26H,2-5,8-13,15H2,1H3. The molecule has 4 rings (SSSR count). The number of piperidine rings is 1. The van der Waals surface area contributed by atoms with Crippen molar-refractivity contribution in [3.8, 4) is 5.75 Å². The molecule has 2 aromatic rings. The lowest BCUT2D eigenvalue weighted by Crippen LogP contribution is -2.42. The van der Waals surface area contributed by atoms with E-state index in [4.69, 9.17) is 4.42 Å². The van der Waals surface area contributed by atoms with Gasteiger partial charge in [0.25, 0.3) is 0 Å². The molecule has 0 radical (unpaired) electrons. The average Bonchev–Trinajstić information content (AvgIpc) is 3.01. The van der Waals surface area contributed by atoms with Crippen LogP contribution in [0.4, 0.5) is 0 Å². The first-order valence-corrected chi connectivity index (χ1v) is 10.8. The lowest BCUT2D eigenvalue weighted by molar-refractivity contribution is -0.137. The second-order valence-electron chi connectivity index (χ2n) is 8.47. The molecule has 29 heavy (non-hydrogen) atoms. The number of phenolic OH excluding ortho intramolecular Hbond substituents is 1. The number of rotatable bonds is 3. The number of amides is 1. The number of benzene rings is 1. The number of aryl methyl sites for hydroxylation is 1. The molecule has 1 N–H and O–H groups in total. The molecule has 2 fully saturated rings. The van der Waals surface area contributed by atoms with E-state index in [0.717, 1.165) is 62.8 Å². The zero-order chi connectivity index (χ0) is 20.4. The van der Waals surface area contributed by atoms with Gasteiger partial charge in [0.05, 0.1) is 0 Å². The van der Waals surface area contributed by atoms with Crippen LogP contribution >= 0.6 is 0 Å². The van der Waals surface area contributed by atoms with Crippen molar-refractivity contribution in [2.24, 2.45) is 5.92 Å². The molecule has 156 valence electrons. The Bertz CT molecular complexity index is 936. The van der Waals surface area contributed by atoms with Crippen molar-refractivity contribution in [3.63, 3.8) is 0 Å². The molecule has 2 saturated heterocycles. The molecular formula is C23H30N2O4. The van der Waals surface area contributed by atoms with E-state index < -0.39 is 5.63 Å². The van der Waals surface area contributed by atoms with Gasteiger partial charge in [-0.25, -0.2) is 4.79 Å². The second-order valence-corrected chi connectivity index (χ2v) is 8.47. The molecule has 0 atom stereocenters. The fourth-order valence-corrected chi connectivity index (χ4v) is 4.67. The van der Waals surface area contributed by atoms with Gasteiger partial charge in [0, 0.05) is 42.6 Å². The van der Waals surface area contributed by atoms with Crippen LogP contribution in [-0.2, 0) is 11.3 Å². The van der Waals surface area contributed by atoms with Crippen molar-refractivity contribution < 1.29 is 14.3 Å². The first-order chi connectivity index (χ1) is 14.0. The summed E-state index contributed by atoms with van der Waals surface area (Å²) in [6.07, 6.45) is 6.46. The van der Waals surface area contributed by atoms with Crippen molar-refractivity contribution >= 4 is 16.9 Å². The Kier molecular flexibility index (Phi) is 5.90. The smallest absolute Gasteiger partial charge is 0.336 e. The highest BCUT2D eigenvalue weighted by Crippen LogP contribution is 2.29. The Morgan fingerprint density at radius 1 is 1.10 bits per heavy atom. The predicted molar refractivity (Wildman–Crippen MR) is 112 cm³/mol. The Hall–Kier alpha value is -2.34. The molecule has 0 spiro atoms. The molecule has 1 aromatic carbocycles. The van der Waals surface area contributed by atoms with Gasteiger partial charge in [-0.1, -0.05) is 12.8 Å². The summed E-state index contributed by atoms with van der Waals surface area (Å²) in [4.78, 5) is 29.3. The molecule has 0 aliphatic carbocycles. The van der Waals surface area contributed by atoms with Gasteiger partial charge in [-0.2, -0.15) is 0 Å². The van der Waals surface area contributed by atoms with Gasteiger partial charge in [0.15, 0.2) is 0 Å². The largest absolute Gasteiger partial charge is 0.508 e. The monoisotopic (exact) mass is 398 g/mol. The summed E-state index contributed by atoms with van der Waals surface area (Å²) in [7, 11) is 0. The topological polar surface area (TPSA) is 74.0 Å². The van der Waals surface area contributed by atoms with Crippen LogP contribution in [0, 0.1) is 12.8 Å². The summed E-state index contributed by atoms with van der Waals surface area (Å²) in [6, 6.07) is 5.01. The first kappa shape index (κ1) is 20.0. The number of fused-ring (bicyclic) bond motifs is 1. The summed E-state index contributed by atoms with van der Waals surface area (Å²) in [5.41, 5.74) is 1.56. The molecule has 2 aliphatic rings. The van der Waals surface area contributed by atoms with E-state index >= 15 is 0 Å². The Morgan fingerprint density at radius 2 is 1.79 bits per heavy atom. The minimum absolute atomic E-state index is 0.126. The number of carbonyl (C=O) groups excluding carboxylic acids is 1. The Morgan fingerprint density at radius 3 is 2.48 bits per heavy atom. The molecule has 6 heteroatoms. The van der Waals surface area contributed by atoms with E-state index in [0.29, 0.717) is 23.6 Å². The quantitative estimate of drug-likeness (QED) is 0.802. The Labute approximate surface area is 171 Å². The van der Waals surface area contributed by atoms with Gasteiger partial charge in [0.1, 0.15) is 11.3 Å². The number of hydrogen-bond donors (Lipinski definition) is 1. The number of phenols is 1. The molecular weight excluding hydrogens is 368 g/mol. The van der Waals surface area contributed by atoms with Crippen LogP contribution in [0.5, 0.6) is 5.75 Å². The van der Waals surface area contributed by atoms with E-state index in [1.165, 1.54) is 12.8 Å². The lowest BCUT2D eigenvalue weighted by atomic mass is 9.94. The molecule has 1 aromatic heterocycles. The molecule has 3 heterocycles. The minimum Gasteiger partial charge on any atom is -0.508 e. The highest BCUT2D eigenvalue weighted by Gasteiger charge is 2.29. The van der Waals surface area contributed by atoms with Crippen molar-refractivity contribution in [2.45, 2.75) is 52.0 Å². The molecule has 0 unspecified atom stereocenters. The number of carbonyl (C=O) groups is 1. The second kappa shape index (κ2) is 8.57. The van der Waals surface area contributed by atoms with E-state index in [1.54, 1.807) is 19.1 Å². The highest BCUT2D eigenvalue weighted by molar-refractivity contribution is 5.84. The highest BCUT2D eigenvalue weighted by atomic mass is 16.4. The maximum absolute atomic E-state index is 12.9. The zero-order valence-corrected chi connectivity index (χ0v) is 17.2. The van der Waals surface area contributed by atoms with Crippen LogP contribution in [-0.4, -0.2) is 47.0 Å². The predicted octanol–water partition coefficient (Wildman–Crippen LogP) is 3.42. The van der Waals surface area contributed by atoms with E-state index in [2.05, 4.69) is 9.80 Å². The third-order valence-electron chi connectivity index (χ3n) is 6.47. The zero-order valence-electron chi connectivity index (χ0n) is 17.2. The normalized spacial score (nSPS) is 19.4. The molecule has 6 nitrogen and oxygen atoms in total. The maximum Gasteiger partial charge on any atom is 0.336 e. The fraction of sp³-hybridized carbons (Fsp3) is 0.565. The van der Waals surface area contributed by atoms with E-state index in [-0.39, 0.29) is 11.7 Å². The summed E-state index contributed by atoms with van der Waals surface area (Å²) in [5.74, 6) is 0.593. The first-order valence-electron chi connectivity index (χ1n) is 10.8. The van der Waals surface area contributed by atoms with Gasteiger partial charge in [-0.3, -0.25) is 9.69 Å². The number of likely N-dealkylation sites (tertiary alicyclic amines) is 2. The average molecular weight is 399 g/mol. The van der Waals surface area contributed by atoms with Crippen LogP contribution in [0.15, 0.2) is 27.4 Å². The van der Waals surface area contributed by atoms with E-state index in [1.807, 2.05) is 6.07 Å². The van der Waals surface area contributed by atoms with Crippen molar-refractivity contribution in [1.82, 2.24) is 9.80 Å². The van der Waals surface area contributed by atoms with Gasteiger partial charge in [-0.05, 0) is 63.4 Å². The van der Waals surface area contributed by atoms with Crippen molar-refractivity contribution in [1.29, 1.82) is 0 Å². The van der Waals surface area contributed by atoms with Crippen LogP contribution in [0.3, 0.4) is 0 Å². The number of aromatic hydroxyl groups is 1. The molecule has 2 aliphatic heterocycles. The van der Waals surface area contributed by atoms with Crippen molar-refractivity contribution in [3.05, 3.63) is 39.7 Å². The summed E-state index contributed by atoms with van der Waals surface area (Å²) in [6.45, 7) is 5.93. The SMILES string of the molecule is Cc1c(O)ccc2c(CN3CCC(C(=O)N4CCCCCC4)CC3)cc(=O)oc12. The van der Waals surface area contributed by atoms with Crippen LogP contribution in [0.25, 0.3) is 11.0 Å². The lowest BCUT2D eigenvalue weighted by Gasteiger charge is -2.34. The van der Waals surface area contributed by atoms with Crippen LogP contribution < -0.4 is 5.63 Å². The fourth-order valence-electron chi connectivity index (χ4n) is 4.67. The van der Waals surface area contributed by atoms with Crippen LogP contribution in [0.1, 0.15) is 49.7 Å². The van der Waals surface area contributed by atoms with Gasteiger partial charge in [-0.15, -0.1) is 0 Å². The maximum atomic E-state index is 12.9. The third kappa shape index (κ3) is 4.32. The summed E-state index contributed by atoms with van der Waals surface area (Å²) in [5, 5.41) is 10.8. The molecule has 0 bridgehead atoms. The molecule has 0 saturated carbocycles. The Balaban J connectivity index is 1.43. The van der Waals surface area contributed by atoms with Gasteiger partial charge >= 0.3 is 5.63 Å². The third-order valence-corrected chi connectivity index (χ3v) is 6.47. The van der Waals surface area contributed by atoms with Crippen molar-refractivity contribution in [2.75, 3.05) is 26.2 Å². The number of nitrogens with zero attached hydrogens (tertiary/aromatic N) is 2. The number of hydrogen-bond acceptors (Lipinski definition) is 5. The van der Waals surface area contributed by atoms with Crippen LogP contribution in [0.2, 0.25) is 0 Å². The summed E-state index contributed by atoms with van der Waals surface area (Å²) < 4.78 is 5.34. The van der Waals surface area contributed by atoms with Gasteiger partial charge in [0.2, 0.25) is 5.91 Å². The summed E-state index contributed by atoms with van der Waals surface area (Å²) >= 11 is 0. The molecule has 1 amide bonds. The minimum atomic E-state index is -0.396.